The Balaban J connectivity index is 0. The standard InChI is InChI=1S/C14H17FO.C5H9F.C3H6O2.C2H6/c1-10(9-15)11(2)16-14-8-7-12-5-3-4-6-13(12)14;1-2-3-4-5-6;1-2-3(4)5;1-2/h3-6,11,14H,1,7-9H2,2H3;3-4H,2,5H2,1H3;2H2,1H3,(H,4,5);1-2H3/b;4-3+;;. The van der Waals surface area contributed by atoms with Crippen molar-refractivity contribution < 1.29 is 23.4 Å². The van der Waals surface area contributed by atoms with Crippen molar-refractivity contribution >= 4 is 5.97 Å². The van der Waals surface area contributed by atoms with Gasteiger partial charge in [0.05, 0.1) is 12.2 Å². The number of carboxylic acid groups (broad SMARTS) is 1. The molecule has 0 spiro atoms. The minimum Gasteiger partial charge on any atom is -0.481 e. The summed E-state index contributed by atoms with van der Waals surface area (Å²) in [4.78, 5) is 9.37. The molecule has 0 fully saturated rings. The van der Waals surface area contributed by atoms with Gasteiger partial charge in [0.25, 0.3) is 0 Å². The van der Waals surface area contributed by atoms with E-state index in [1.807, 2.05) is 39.8 Å². The van der Waals surface area contributed by atoms with Crippen LogP contribution in [0.2, 0.25) is 0 Å². The summed E-state index contributed by atoms with van der Waals surface area (Å²) in [7, 11) is 0. The van der Waals surface area contributed by atoms with Crippen LogP contribution in [0, 0.1) is 0 Å². The van der Waals surface area contributed by atoms with Crippen LogP contribution in [-0.4, -0.2) is 30.5 Å². The number of hydrogen-bond acceptors (Lipinski definition) is 2. The molecule has 2 unspecified atom stereocenters. The number of carboxylic acids is 1. The van der Waals surface area contributed by atoms with Gasteiger partial charge in [0, 0.05) is 6.42 Å². The first-order chi connectivity index (χ1) is 13.9. The molecular formula is C24H38F2O3. The minimum atomic E-state index is -0.745. The van der Waals surface area contributed by atoms with Crippen LogP contribution in [0.4, 0.5) is 8.78 Å². The van der Waals surface area contributed by atoms with E-state index in [0.717, 1.165) is 19.3 Å². The van der Waals surface area contributed by atoms with Crippen molar-refractivity contribution in [2.24, 2.45) is 0 Å². The summed E-state index contributed by atoms with van der Waals surface area (Å²) in [5, 5.41) is 7.72. The first-order valence-electron chi connectivity index (χ1n) is 10.3. The Bertz CT molecular complexity index is 579. The van der Waals surface area contributed by atoms with Gasteiger partial charge < -0.3 is 9.84 Å². The highest BCUT2D eigenvalue weighted by Gasteiger charge is 2.24. The SMILES string of the molecule is C=C(CF)C(C)OC1CCc2ccccc21.CC.CC/C=C/CF.CCC(=O)O. The fourth-order valence-electron chi connectivity index (χ4n) is 2.34. The molecule has 0 saturated heterocycles. The van der Waals surface area contributed by atoms with E-state index >= 15 is 0 Å². The molecule has 0 saturated carbocycles. The van der Waals surface area contributed by atoms with Crippen LogP contribution in [0.3, 0.4) is 0 Å². The van der Waals surface area contributed by atoms with Crippen LogP contribution in [0.25, 0.3) is 0 Å². The van der Waals surface area contributed by atoms with E-state index in [1.165, 1.54) is 17.2 Å². The number of ether oxygens (including phenoxy) is 1. The molecule has 1 aromatic rings. The number of halogens is 2. The van der Waals surface area contributed by atoms with Gasteiger partial charge in [0.15, 0.2) is 0 Å². The summed E-state index contributed by atoms with van der Waals surface area (Å²) >= 11 is 0. The van der Waals surface area contributed by atoms with Gasteiger partial charge in [-0.1, -0.05) is 70.7 Å². The third-order valence-corrected chi connectivity index (χ3v) is 3.99. The lowest BCUT2D eigenvalue weighted by Crippen LogP contribution is -2.15. The van der Waals surface area contributed by atoms with Crippen molar-refractivity contribution in [1.82, 2.24) is 0 Å². The van der Waals surface area contributed by atoms with Gasteiger partial charge in [-0.25, -0.2) is 8.78 Å². The molecule has 0 bridgehead atoms. The lowest BCUT2D eigenvalue weighted by atomic mass is 10.1. The third kappa shape index (κ3) is 13.7. The maximum atomic E-state index is 12.4. The van der Waals surface area contributed by atoms with Crippen molar-refractivity contribution in [3.8, 4) is 0 Å². The number of aliphatic carboxylic acids is 1. The van der Waals surface area contributed by atoms with E-state index in [2.05, 4.69) is 18.7 Å². The Hall–Kier alpha value is -2.01. The molecule has 1 aliphatic rings. The summed E-state index contributed by atoms with van der Waals surface area (Å²) in [5.74, 6) is -0.745. The number of benzene rings is 1. The number of alkyl halides is 2. The average molecular weight is 413 g/mol. The van der Waals surface area contributed by atoms with E-state index in [-0.39, 0.29) is 25.3 Å². The van der Waals surface area contributed by atoms with E-state index in [0.29, 0.717) is 5.57 Å². The van der Waals surface area contributed by atoms with Crippen LogP contribution in [0.5, 0.6) is 0 Å². The highest BCUT2D eigenvalue weighted by molar-refractivity contribution is 5.66. The van der Waals surface area contributed by atoms with Crippen molar-refractivity contribution in [1.29, 1.82) is 0 Å². The number of hydrogen-bond donors (Lipinski definition) is 1. The van der Waals surface area contributed by atoms with Gasteiger partial charge in [-0.2, -0.15) is 0 Å². The van der Waals surface area contributed by atoms with Crippen LogP contribution in [0.1, 0.15) is 71.1 Å². The Labute approximate surface area is 175 Å². The van der Waals surface area contributed by atoms with Gasteiger partial charge in [-0.3, -0.25) is 4.79 Å². The Morgan fingerprint density at radius 2 is 1.86 bits per heavy atom. The predicted molar refractivity (Wildman–Crippen MR) is 118 cm³/mol. The molecule has 1 aromatic carbocycles. The molecular weight excluding hydrogens is 374 g/mol. The number of carbonyl (C=O) groups is 1. The van der Waals surface area contributed by atoms with Crippen LogP contribution in [-0.2, 0) is 16.0 Å². The molecule has 5 heteroatoms. The summed E-state index contributed by atoms with van der Waals surface area (Å²) in [6.45, 7) is 12.3. The maximum absolute atomic E-state index is 12.4. The van der Waals surface area contributed by atoms with E-state index in [9.17, 15) is 13.6 Å². The fraction of sp³-hybridized carbons (Fsp3) is 0.542. The molecule has 2 rings (SSSR count). The van der Waals surface area contributed by atoms with Gasteiger partial charge in [-0.15, -0.1) is 0 Å². The number of rotatable bonds is 7. The second-order valence-electron chi connectivity index (χ2n) is 6.08. The molecule has 1 aliphatic carbocycles. The van der Waals surface area contributed by atoms with E-state index in [1.54, 1.807) is 13.0 Å². The number of aryl methyl sites for hydroxylation is 1. The van der Waals surface area contributed by atoms with Gasteiger partial charge in [-0.05, 0) is 42.9 Å². The molecule has 0 radical (unpaired) electrons. The zero-order chi connectivity index (χ0) is 22.7. The van der Waals surface area contributed by atoms with Crippen molar-refractivity contribution in [2.75, 3.05) is 13.3 Å². The molecule has 0 amide bonds. The molecule has 166 valence electrons. The Kier molecular flexibility index (Phi) is 19.4. The molecule has 2 atom stereocenters. The smallest absolute Gasteiger partial charge is 0.303 e. The molecule has 0 aliphatic heterocycles. The predicted octanol–water partition coefficient (Wildman–Crippen LogP) is 7.03. The number of allylic oxidation sites excluding steroid dienone is 2. The first-order valence-corrected chi connectivity index (χ1v) is 10.3. The van der Waals surface area contributed by atoms with Gasteiger partial charge >= 0.3 is 5.97 Å². The lowest BCUT2D eigenvalue weighted by Gasteiger charge is -2.20. The van der Waals surface area contributed by atoms with Gasteiger partial charge in [0.1, 0.15) is 13.3 Å². The number of fused-ring (bicyclic) bond motifs is 1. The Morgan fingerprint density at radius 3 is 2.31 bits per heavy atom. The quantitative estimate of drug-likeness (QED) is 0.489. The average Bonchev–Trinajstić information content (AvgIpc) is 3.16. The lowest BCUT2D eigenvalue weighted by molar-refractivity contribution is -0.136. The summed E-state index contributed by atoms with van der Waals surface area (Å²) in [6, 6.07) is 8.30. The second kappa shape index (κ2) is 19.3. The molecule has 0 aromatic heterocycles. The van der Waals surface area contributed by atoms with Gasteiger partial charge in [0.2, 0.25) is 0 Å². The van der Waals surface area contributed by atoms with E-state index in [4.69, 9.17) is 9.84 Å². The summed E-state index contributed by atoms with van der Waals surface area (Å²) < 4.78 is 29.4. The molecule has 1 N–H and O–H groups in total. The van der Waals surface area contributed by atoms with Crippen molar-refractivity contribution in [3.05, 3.63) is 59.7 Å². The second-order valence-corrected chi connectivity index (χ2v) is 6.08. The van der Waals surface area contributed by atoms with Crippen molar-refractivity contribution in [2.45, 2.75) is 72.5 Å². The zero-order valence-corrected chi connectivity index (χ0v) is 18.6. The van der Waals surface area contributed by atoms with Crippen molar-refractivity contribution in [3.63, 3.8) is 0 Å². The minimum absolute atomic E-state index is 0.106. The normalized spacial score (nSPS) is 14.9. The summed E-state index contributed by atoms with van der Waals surface area (Å²) in [6.07, 6.45) is 6.42. The van der Waals surface area contributed by atoms with Crippen LogP contribution < -0.4 is 0 Å². The highest BCUT2D eigenvalue weighted by Crippen LogP contribution is 2.35. The highest BCUT2D eigenvalue weighted by atomic mass is 19.1. The maximum Gasteiger partial charge on any atom is 0.303 e. The topological polar surface area (TPSA) is 46.5 Å². The van der Waals surface area contributed by atoms with Crippen LogP contribution >= 0.6 is 0 Å². The monoisotopic (exact) mass is 412 g/mol. The molecule has 29 heavy (non-hydrogen) atoms. The van der Waals surface area contributed by atoms with E-state index < -0.39 is 12.6 Å². The largest absolute Gasteiger partial charge is 0.481 e. The van der Waals surface area contributed by atoms with Crippen LogP contribution in [0.15, 0.2) is 48.6 Å². The first kappa shape index (κ1) is 29.2. The zero-order valence-electron chi connectivity index (χ0n) is 18.6. The fourth-order valence-corrected chi connectivity index (χ4v) is 2.34. The third-order valence-electron chi connectivity index (χ3n) is 3.99. The molecule has 3 nitrogen and oxygen atoms in total. The summed E-state index contributed by atoms with van der Waals surface area (Å²) in [5.41, 5.74) is 3.12. The molecule has 0 heterocycles. The Morgan fingerprint density at radius 1 is 1.28 bits per heavy atom.